The third kappa shape index (κ3) is 7.01. The van der Waals surface area contributed by atoms with Gasteiger partial charge in [0.05, 0.1) is 17.9 Å². The zero-order chi connectivity index (χ0) is 24.6. The number of nitrogens with one attached hydrogen (secondary N) is 1. The van der Waals surface area contributed by atoms with Gasteiger partial charge in [-0.25, -0.2) is 0 Å². The highest BCUT2D eigenvalue weighted by Gasteiger charge is 2.26. The standard InChI is InChI=1S/C28H40N4O3/c1-3-4-10-25-24(20-11-13-23(14-12-20)35-22-8-6-5-7-9-22)17-26(31-30-25)28(34)29-18-21-15-16-32(2)19-27(21)33/h11-14,17,21-22,27,33H,3-10,15-16,18-19H2,1-2H3,(H,29,34)/t21-,27-/m1/s1. The monoisotopic (exact) mass is 480 g/mol. The first-order valence-corrected chi connectivity index (χ1v) is 13.3. The third-order valence-corrected chi connectivity index (χ3v) is 7.34. The summed E-state index contributed by atoms with van der Waals surface area (Å²) in [5.41, 5.74) is 3.18. The van der Waals surface area contributed by atoms with E-state index in [0.29, 0.717) is 24.9 Å². The average Bonchev–Trinajstić information content (AvgIpc) is 2.88. The lowest BCUT2D eigenvalue weighted by atomic mass is 9.94. The second-order valence-corrected chi connectivity index (χ2v) is 10.2. The molecule has 2 aromatic rings. The molecule has 2 aliphatic rings. The van der Waals surface area contributed by atoms with Gasteiger partial charge in [0.1, 0.15) is 5.75 Å². The molecule has 0 unspecified atom stereocenters. The number of aliphatic hydroxyl groups excluding tert-OH is 1. The third-order valence-electron chi connectivity index (χ3n) is 7.34. The van der Waals surface area contributed by atoms with Crippen LogP contribution in [0, 0.1) is 5.92 Å². The Hall–Kier alpha value is -2.51. The highest BCUT2D eigenvalue weighted by molar-refractivity contribution is 5.93. The minimum absolute atomic E-state index is 0.0584. The molecule has 0 radical (unpaired) electrons. The number of aliphatic hydroxyl groups is 1. The van der Waals surface area contributed by atoms with Crippen molar-refractivity contribution in [3.8, 4) is 16.9 Å². The van der Waals surface area contributed by atoms with Crippen molar-refractivity contribution in [1.82, 2.24) is 20.4 Å². The van der Waals surface area contributed by atoms with Crippen molar-refractivity contribution in [2.45, 2.75) is 76.9 Å². The second kappa shape index (κ2) is 12.5. The Morgan fingerprint density at radius 3 is 2.63 bits per heavy atom. The lowest BCUT2D eigenvalue weighted by Gasteiger charge is -2.33. The van der Waals surface area contributed by atoms with E-state index in [9.17, 15) is 9.90 Å². The predicted octanol–water partition coefficient (Wildman–Crippen LogP) is 4.24. The molecule has 1 amide bonds. The maximum absolute atomic E-state index is 12.9. The van der Waals surface area contributed by atoms with Gasteiger partial charge >= 0.3 is 0 Å². The Balaban J connectivity index is 1.46. The Labute approximate surface area is 209 Å². The van der Waals surface area contributed by atoms with Gasteiger partial charge in [0, 0.05) is 24.6 Å². The molecule has 1 aliphatic carbocycles. The number of unbranched alkanes of at least 4 members (excludes halogenated alkanes) is 1. The molecule has 7 heteroatoms. The molecule has 0 bridgehead atoms. The fourth-order valence-electron chi connectivity index (χ4n) is 5.09. The first-order chi connectivity index (χ1) is 17.0. The number of aryl methyl sites for hydroxylation is 1. The van der Waals surface area contributed by atoms with Crippen molar-refractivity contribution in [3.05, 3.63) is 41.7 Å². The molecule has 1 aromatic heterocycles. The van der Waals surface area contributed by atoms with Crippen LogP contribution in [0.25, 0.3) is 11.1 Å². The molecular weight excluding hydrogens is 440 g/mol. The normalized spacial score (nSPS) is 21.6. The number of amides is 1. The molecule has 4 rings (SSSR count). The van der Waals surface area contributed by atoms with Gasteiger partial charge in [0.25, 0.3) is 5.91 Å². The molecule has 7 nitrogen and oxygen atoms in total. The minimum atomic E-state index is -0.429. The summed E-state index contributed by atoms with van der Waals surface area (Å²) in [5.74, 6) is 0.708. The molecule has 1 aromatic carbocycles. The van der Waals surface area contributed by atoms with Crippen molar-refractivity contribution in [1.29, 1.82) is 0 Å². The molecule has 1 saturated carbocycles. The maximum atomic E-state index is 12.9. The molecule has 190 valence electrons. The van der Waals surface area contributed by atoms with Crippen LogP contribution in [0.3, 0.4) is 0 Å². The van der Waals surface area contributed by atoms with Crippen LogP contribution in [-0.2, 0) is 6.42 Å². The number of ether oxygens (including phenoxy) is 1. The molecule has 1 saturated heterocycles. The lowest BCUT2D eigenvalue weighted by Crippen LogP contribution is -2.46. The lowest BCUT2D eigenvalue weighted by molar-refractivity contribution is 0.0324. The Bertz CT molecular complexity index is 959. The molecule has 2 heterocycles. The Morgan fingerprint density at radius 1 is 1.14 bits per heavy atom. The van der Waals surface area contributed by atoms with Crippen LogP contribution < -0.4 is 10.1 Å². The number of carbonyl (C=O) groups excluding carboxylic acids is 1. The van der Waals surface area contributed by atoms with E-state index in [-0.39, 0.29) is 11.8 Å². The second-order valence-electron chi connectivity index (χ2n) is 10.2. The van der Waals surface area contributed by atoms with Gasteiger partial charge < -0.3 is 20.1 Å². The van der Waals surface area contributed by atoms with Gasteiger partial charge in [0.2, 0.25) is 0 Å². The van der Waals surface area contributed by atoms with Gasteiger partial charge in [-0.05, 0) is 82.3 Å². The number of nitrogens with zero attached hydrogens (tertiary/aromatic N) is 3. The van der Waals surface area contributed by atoms with Crippen LogP contribution in [0.2, 0.25) is 0 Å². The number of benzene rings is 1. The summed E-state index contributed by atoms with van der Waals surface area (Å²) in [6, 6.07) is 10.0. The summed E-state index contributed by atoms with van der Waals surface area (Å²) in [6.45, 7) is 4.16. The quantitative estimate of drug-likeness (QED) is 0.558. The molecule has 0 spiro atoms. The van der Waals surface area contributed by atoms with Crippen molar-refractivity contribution >= 4 is 5.91 Å². The fraction of sp³-hybridized carbons (Fsp3) is 0.607. The van der Waals surface area contributed by atoms with Gasteiger partial charge in [-0.15, -0.1) is 5.10 Å². The number of hydrogen-bond donors (Lipinski definition) is 2. The van der Waals surface area contributed by atoms with Crippen molar-refractivity contribution < 1.29 is 14.6 Å². The SMILES string of the molecule is CCCCc1nnc(C(=O)NC[C@H]2CCN(C)C[C@H]2O)cc1-c1ccc(OC2CCCCC2)cc1. The number of hydrogen-bond acceptors (Lipinski definition) is 6. The molecule has 2 atom stereocenters. The van der Waals surface area contributed by atoms with E-state index in [2.05, 4.69) is 39.5 Å². The summed E-state index contributed by atoms with van der Waals surface area (Å²) in [5, 5.41) is 22.0. The van der Waals surface area contributed by atoms with Crippen LogP contribution in [0.1, 0.15) is 74.5 Å². The van der Waals surface area contributed by atoms with Gasteiger partial charge in [0.15, 0.2) is 5.69 Å². The first kappa shape index (κ1) is 25.6. The molecule has 2 N–H and O–H groups in total. The van der Waals surface area contributed by atoms with E-state index in [1.807, 2.05) is 25.2 Å². The number of carbonyl (C=O) groups is 1. The van der Waals surface area contributed by atoms with Gasteiger partial charge in [-0.1, -0.05) is 31.9 Å². The van der Waals surface area contributed by atoms with Crippen LogP contribution in [0.15, 0.2) is 30.3 Å². The highest BCUT2D eigenvalue weighted by Crippen LogP contribution is 2.28. The molecule has 1 aliphatic heterocycles. The zero-order valence-corrected chi connectivity index (χ0v) is 21.2. The van der Waals surface area contributed by atoms with Crippen molar-refractivity contribution in [2.75, 3.05) is 26.7 Å². The number of β-amino-alcohol motifs (C(OH)–C–C–N with tert-alkyl or cyclic N) is 1. The van der Waals surface area contributed by atoms with Crippen LogP contribution in [-0.4, -0.2) is 65.0 Å². The van der Waals surface area contributed by atoms with Gasteiger partial charge in [-0.3, -0.25) is 4.79 Å². The first-order valence-electron chi connectivity index (χ1n) is 13.3. The number of rotatable bonds is 9. The van der Waals surface area contributed by atoms with Gasteiger partial charge in [-0.2, -0.15) is 5.10 Å². The van der Waals surface area contributed by atoms with Crippen molar-refractivity contribution in [2.24, 2.45) is 5.92 Å². The number of aromatic nitrogens is 2. The summed E-state index contributed by atoms with van der Waals surface area (Å²) in [4.78, 5) is 15.0. The van der Waals surface area contributed by atoms with Crippen LogP contribution >= 0.6 is 0 Å². The number of likely N-dealkylation sites (N-methyl/N-ethyl adjacent to an activating group) is 1. The Morgan fingerprint density at radius 2 is 1.91 bits per heavy atom. The zero-order valence-electron chi connectivity index (χ0n) is 21.2. The maximum Gasteiger partial charge on any atom is 0.271 e. The van der Waals surface area contributed by atoms with E-state index in [1.54, 1.807) is 0 Å². The summed E-state index contributed by atoms with van der Waals surface area (Å²) < 4.78 is 6.19. The predicted molar refractivity (Wildman–Crippen MR) is 138 cm³/mol. The largest absolute Gasteiger partial charge is 0.490 e. The highest BCUT2D eigenvalue weighted by atomic mass is 16.5. The number of likely N-dealkylation sites (tertiary alicyclic amines) is 1. The van der Waals surface area contributed by atoms with Crippen LogP contribution in [0.5, 0.6) is 5.75 Å². The van der Waals surface area contributed by atoms with E-state index in [1.165, 1.54) is 19.3 Å². The summed E-state index contributed by atoms with van der Waals surface area (Å²) in [7, 11) is 2.00. The van der Waals surface area contributed by atoms with E-state index in [4.69, 9.17) is 4.74 Å². The smallest absolute Gasteiger partial charge is 0.271 e. The van der Waals surface area contributed by atoms with E-state index in [0.717, 1.165) is 67.6 Å². The summed E-state index contributed by atoms with van der Waals surface area (Å²) >= 11 is 0. The summed E-state index contributed by atoms with van der Waals surface area (Å²) in [6.07, 6.45) is 9.71. The topological polar surface area (TPSA) is 87.6 Å². The molecule has 35 heavy (non-hydrogen) atoms. The fourth-order valence-corrected chi connectivity index (χ4v) is 5.09. The van der Waals surface area contributed by atoms with E-state index >= 15 is 0 Å². The molecular formula is C28H40N4O3. The van der Waals surface area contributed by atoms with E-state index < -0.39 is 6.10 Å². The van der Waals surface area contributed by atoms with Crippen LogP contribution in [0.4, 0.5) is 0 Å². The minimum Gasteiger partial charge on any atom is -0.490 e. The number of piperidine rings is 1. The van der Waals surface area contributed by atoms with Crippen molar-refractivity contribution in [3.63, 3.8) is 0 Å². The Kier molecular flexibility index (Phi) is 9.10. The average molecular weight is 481 g/mol. The molecule has 2 fully saturated rings.